The van der Waals surface area contributed by atoms with E-state index in [9.17, 15) is 14.4 Å². The summed E-state index contributed by atoms with van der Waals surface area (Å²) in [7, 11) is 1.52. The quantitative estimate of drug-likeness (QED) is 0.419. The number of rotatable bonds is 7. The molecule has 0 aliphatic heterocycles. The first-order valence-electron chi connectivity index (χ1n) is 11.2. The zero-order valence-electron chi connectivity index (χ0n) is 19.7. The Kier molecular flexibility index (Phi) is 6.91. The van der Waals surface area contributed by atoms with E-state index in [1.165, 1.54) is 11.7 Å². The highest BCUT2D eigenvalue weighted by Gasteiger charge is 2.19. The lowest BCUT2D eigenvalue weighted by Gasteiger charge is -2.16. The van der Waals surface area contributed by atoms with Gasteiger partial charge in [-0.15, -0.1) is 0 Å². The Balaban J connectivity index is 1.78. The molecule has 0 atom stereocenters. The summed E-state index contributed by atoms with van der Waals surface area (Å²) in [5.74, 6) is -0.277. The molecule has 2 amide bonds. The van der Waals surface area contributed by atoms with E-state index >= 15 is 0 Å². The lowest BCUT2D eigenvalue weighted by Crippen LogP contribution is -2.30. The number of amides is 2. The van der Waals surface area contributed by atoms with Gasteiger partial charge < -0.3 is 15.4 Å². The van der Waals surface area contributed by atoms with Crippen LogP contribution in [-0.4, -0.2) is 28.5 Å². The first kappa shape index (κ1) is 23.7. The van der Waals surface area contributed by atoms with Crippen molar-refractivity contribution < 1.29 is 14.3 Å². The maximum absolute atomic E-state index is 13.6. The third-order valence-electron chi connectivity index (χ3n) is 5.50. The van der Waals surface area contributed by atoms with Gasteiger partial charge in [0.15, 0.2) is 0 Å². The number of nitrogens with one attached hydrogen (secondary N) is 2. The van der Waals surface area contributed by atoms with Crippen molar-refractivity contribution in [3.05, 3.63) is 83.2 Å². The highest BCUT2D eigenvalue weighted by molar-refractivity contribution is 5.97. The summed E-state index contributed by atoms with van der Waals surface area (Å²) >= 11 is 0. The molecular weight excluding hydrogens is 444 g/mol. The van der Waals surface area contributed by atoms with Gasteiger partial charge in [-0.25, -0.2) is 4.98 Å². The Hall–Kier alpha value is -4.46. The van der Waals surface area contributed by atoms with E-state index in [1.54, 1.807) is 80.6 Å². The topological polar surface area (TPSA) is 102 Å². The fourth-order valence-electron chi connectivity index (χ4n) is 3.68. The van der Waals surface area contributed by atoms with Crippen molar-refractivity contribution >= 4 is 34.2 Å². The number of ether oxygens (including phenoxy) is 1. The average Bonchev–Trinajstić information content (AvgIpc) is 2.86. The number of nitrogens with zero attached hydrogens (tertiary/aromatic N) is 2. The number of aromatic nitrogens is 2. The van der Waals surface area contributed by atoms with Crippen molar-refractivity contribution in [1.29, 1.82) is 0 Å². The highest BCUT2D eigenvalue weighted by Crippen LogP contribution is 2.27. The second kappa shape index (κ2) is 10.2. The summed E-state index contributed by atoms with van der Waals surface area (Å²) in [4.78, 5) is 43.6. The Morgan fingerprint density at radius 2 is 1.57 bits per heavy atom. The molecule has 0 spiro atoms. The molecule has 8 nitrogen and oxygen atoms in total. The Bertz CT molecular complexity index is 1460. The zero-order valence-corrected chi connectivity index (χ0v) is 19.7. The van der Waals surface area contributed by atoms with Crippen molar-refractivity contribution in [2.75, 3.05) is 17.7 Å². The van der Waals surface area contributed by atoms with Crippen LogP contribution < -0.4 is 20.9 Å². The lowest BCUT2D eigenvalue weighted by atomic mass is 10.1. The summed E-state index contributed by atoms with van der Waals surface area (Å²) in [6, 6.07) is 21.2. The minimum atomic E-state index is -0.440. The zero-order chi connectivity index (χ0) is 24.9. The van der Waals surface area contributed by atoms with Crippen LogP contribution in [0.2, 0.25) is 0 Å². The molecule has 4 aromatic rings. The molecule has 3 aromatic carbocycles. The van der Waals surface area contributed by atoms with Crippen LogP contribution in [0.5, 0.6) is 5.75 Å². The van der Waals surface area contributed by atoms with E-state index in [0.29, 0.717) is 33.7 Å². The van der Waals surface area contributed by atoms with Gasteiger partial charge in [0.1, 0.15) is 18.0 Å². The Labute approximate surface area is 202 Å². The number of benzene rings is 3. The lowest BCUT2D eigenvalue weighted by molar-refractivity contribution is -0.119. The normalized spacial score (nSPS) is 10.9. The molecule has 0 aliphatic carbocycles. The van der Waals surface area contributed by atoms with Crippen LogP contribution in [0.4, 0.5) is 11.4 Å². The second-order valence-corrected chi connectivity index (χ2v) is 8.28. The summed E-state index contributed by atoms with van der Waals surface area (Å²) in [6.07, 6.45) is 0. The first-order valence-corrected chi connectivity index (χ1v) is 11.2. The molecule has 1 aromatic heterocycles. The molecule has 4 rings (SSSR count). The van der Waals surface area contributed by atoms with E-state index in [0.717, 1.165) is 0 Å². The Morgan fingerprint density at radius 3 is 2.31 bits per heavy atom. The fraction of sp³-hybridized carbons (Fsp3) is 0.185. The standard InChI is InChI=1S/C27H26N4O4/c1-17(2)26(33)30-19-11-5-4-10-18(19)25-27(34)31(22-14-8-6-12-20(22)29-25)16-24(32)28-21-13-7-9-15-23(21)35-3/h4-15,17H,16H2,1-3H3,(H,28,32)(H,30,33). The number of hydrogen-bond donors (Lipinski definition) is 2. The van der Waals surface area contributed by atoms with Crippen LogP contribution in [0.15, 0.2) is 77.6 Å². The maximum atomic E-state index is 13.6. The maximum Gasteiger partial charge on any atom is 0.278 e. The van der Waals surface area contributed by atoms with Crippen LogP contribution in [0.25, 0.3) is 22.3 Å². The molecule has 0 unspecified atom stereocenters. The number of fused-ring (bicyclic) bond motifs is 1. The van der Waals surface area contributed by atoms with E-state index in [4.69, 9.17) is 4.74 Å². The molecule has 0 bridgehead atoms. The smallest absolute Gasteiger partial charge is 0.278 e. The van der Waals surface area contributed by atoms with Gasteiger partial charge in [-0.3, -0.25) is 19.0 Å². The minimum Gasteiger partial charge on any atom is -0.495 e. The molecule has 0 saturated carbocycles. The average molecular weight is 471 g/mol. The third kappa shape index (κ3) is 5.06. The summed E-state index contributed by atoms with van der Waals surface area (Å²) in [5.41, 5.74) is 2.26. The van der Waals surface area contributed by atoms with Crippen LogP contribution >= 0.6 is 0 Å². The summed E-state index contributed by atoms with van der Waals surface area (Å²) in [6.45, 7) is 3.35. The SMILES string of the molecule is COc1ccccc1NC(=O)Cn1c(=O)c(-c2ccccc2NC(=O)C(C)C)nc2ccccc21. The minimum absolute atomic E-state index is 0.147. The molecule has 0 radical (unpaired) electrons. The number of anilines is 2. The van der Waals surface area contributed by atoms with Gasteiger partial charge in [-0.2, -0.15) is 0 Å². The molecule has 2 N–H and O–H groups in total. The van der Waals surface area contributed by atoms with Crippen molar-refractivity contribution in [3.8, 4) is 17.0 Å². The first-order chi connectivity index (χ1) is 16.9. The van der Waals surface area contributed by atoms with Crippen LogP contribution in [0, 0.1) is 5.92 Å². The molecule has 0 aliphatic rings. The largest absolute Gasteiger partial charge is 0.495 e. The second-order valence-electron chi connectivity index (χ2n) is 8.28. The molecule has 0 saturated heterocycles. The molecular formula is C27H26N4O4. The summed E-state index contributed by atoms with van der Waals surface area (Å²) < 4.78 is 6.69. The van der Waals surface area contributed by atoms with Gasteiger partial charge >= 0.3 is 0 Å². The van der Waals surface area contributed by atoms with Crippen LogP contribution in [-0.2, 0) is 16.1 Å². The van der Waals surface area contributed by atoms with Gasteiger partial charge in [0.25, 0.3) is 5.56 Å². The van der Waals surface area contributed by atoms with Crippen LogP contribution in [0.3, 0.4) is 0 Å². The van der Waals surface area contributed by atoms with Crippen molar-refractivity contribution in [2.24, 2.45) is 5.92 Å². The third-order valence-corrected chi connectivity index (χ3v) is 5.50. The number of para-hydroxylation sites is 5. The van der Waals surface area contributed by atoms with Crippen molar-refractivity contribution in [1.82, 2.24) is 9.55 Å². The van der Waals surface area contributed by atoms with Gasteiger partial charge in [0.05, 0.1) is 29.5 Å². The molecule has 35 heavy (non-hydrogen) atoms. The predicted octanol–water partition coefficient (Wildman–Crippen LogP) is 4.31. The summed E-state index contributed by atoms with van der Waals surface area (Å²) in [5, 5.41) is 5.68. The number of carbonyl (C=O) groups is 2. The van der Waals surface area contributed by atoms with E-state index in [1.807, 2.05) is 6.07 Å². The monoisotopic (exact) mass is 470 g/mol. The predicted molar refractivity (Wildman–Crippen MR) is 137 cm³/mol. The van der Waals surface area contributed by atoms with Gasteiger partial charge in [-0.05, 0) is 30.3 Å². The van der Waals surface area contributed by atoms with E-state index in [-0.39, 0.29) is 30.0 Å². The molecule has 1 heterocycles. The van der Waals surface area contributed by atoms with Crippen molar-refractivity contribution in [3.63, 3.8) is 0 Å². The van der Waals surface area contributed by atoms with Gasteiger partial charge in [0.2, 0.25) is 11.8 Å². The van der Waals surface area contributed by atoms with Gasteiger partial charge in [0, 0.05) is 11.5 Å². The molecule has 178 valence electrons. The number of hydrogen-bond acceptors (Lipinski definition) is 5. The van der Waals surface area contributed by atoms with Crippen molar-refractivity contribution in [2.45, 2.75) is 20.4 Å². The number of methoxy groups -OCH3 is 1. The van der Waals surface area contributed by atoms with Gasteiger partial charge in [-0.1, -0.05) is 56.3 Å². The fourth-order valence-corrected chi connectivity index (χ4v) is 3.68. The Morgan fingerprint density at radius 1 is 0.914 bits per heavy atom. The van der Waals surface area contributed by atoms with E-state index < -0.39 is 5.56 Å². The highest BCUT2D eigenvalue weighted by atomic mass is 16.5. The molecule has 8 heteroatoms. The number of carbonyl (C=O) groups excluding carboxylic acids is 2. The molecule has 0 fully saturated rings. The van der Waals surface area contributed by atoms with Crippen LogP contribution in [0.1, 0.15) is 13.8 Å². The van der Waals surface area contributed by atoms with E-state index in [2.05, 4.69) is 15.6 Å².